The molecule has 0 aliphatic heterocycles. The molecule has 0 aliphatic carbocycles. The monoisotopic (exact) mass is 334 g/mol. The summed E-state index contributed by atoms with van der Waals surface area (Å²) in [5, 5.41) is 17.0. The van der Waals surface area contributed by atoms with Gasteiger partial charge in [0.25, 0.3) is 5.22 Å². The Morgan fingerprint density at radius 2 is 2.14 bits per heavy atom. The normalized spacial score (nSPS) is 10.2. The molecule has 2 aromatic rings. The number of nitrogens with zero attached hydrogens (tertiary/aromatic N) is 4. The zero-order valence-electron chi connectivity index (χ0n) is 11.9. The Labute approximate surface area is 136 Å². The van der Waals surface area contributed by atoms with E-state index in [0.29, 0.717) is 22.6 Å². The molecule has 1 heterocycles. The van der Waals surface area contributed by atoms with Crippen molar-refractivity contribution >= 4 is 35.1 Å². The first-order chi connectivity index (χ1) is 10.7. The fraction of sp³-hybridized carbons (Fsp3) is 0.286. The number of benzene rings is 1. The number of thioether (sulfide) groups is 2. The van der Waals surface area contributed by atoms with E-state index < -0.39 is 0 Å². The molecule has 22 heavy (non-hydrogen) atoms. The van der Waals surface area contributed by atoms with Crippen molar-refractivity contribution in [3.8, 4) is 6.07 Å². The lowest BCUT2D eigenvalue weighted by Gasteiger charge is -2.18. The van der Waals surface area contributed by atoms with E-state index in [9.17, 15) is 4.79 Å². The molecule has 0 spiro atoms. The number of amides is 1. The predicted molar refractivity (Wildman–Crippen MR) is 86.6 cm³/mol. The summed E-state index contributed by atoms with van der Waals surface area (Å²) < 4.78 is 5.40. The van der Waals surface area contributed by atoms with Crippen LogP contribution in [0.1, 0.15) is 5.89 Å². The van der Waals surface area contributed by atoms with Crippen molar-refractivity contribution in [3.05, 3.63) is 36.2 Å². The second kappa shape index (κ2) is 8.46. The number of aromatic nitrogens is 2. The van der Waals surface area contributed by atoms with Crippen LogP contribution in [-0.4, -0.2) is 34.7 Å². The molecule has 1 aromatic heterocycles. The Morgan fingerprint density at radius 1 is 1.36 bits per heavy atom. The molecule has 0 atom stereocenters. The van der Waals surface area contributed by atoms with Gasteiger partial charge in [-0.2, -0.15) is 17.0 Å². The lowest BCUT2D eigenvalue weighted by Crippen LogP contribution is -2.32. The quantitative estimate of drug-likeness (QED) is 0.568. The van der Waals surface area contributed by atoms with Gasteiger partial charge in [0.15, 0.2) is 0 Å². The summed E-state index contributed by atoms with van der Waals surface area (Å²) in [5.41, 5.74) is 0.697. The average Bonchev–Trinajstić information content (AvgIpc) is 2.99. The molecule has 8 heteroatoms. The van der Waals surface area contributed by atoms with Crippen molar-refractivity contribution in [2.24, 2.45) is 0 Å². The van der Waals surface area contributed by atoms with E-state index in [4.69, 9.17) is 9.68 Å². The van der Waals surface area contributed by atoms with Crippen LogP contribution < -0.4 is 4.90 Å². The minimum Gasteiger partial charge on any atom is -0.415 e. The molecule has 1 amide bonds. The first-order valence-corrected chi connectivity index (χ1v) is 8.79. The molecular formula is C14H14N4O2S2. The van der Waals surface area contributed by atoms with Gasteiger partial charge in [0.2, 0.25) is 11.8 Å². The summed E-state index contributed by atoms with van der Waals surface area (Å²) in [4.78, 5) is 13.7. The number of hydrogen-bond donors (Lipinski definition) is 0. The van der Waals surface area contributed by atoms with E-state index >= 15 is 0 Å². The van der Waals surface area contributed by atoms with Gasteiger partial charge in [-0.25, -0.2) is 0 Å². The number of carbonyl (C=O) groups is 1. The Morgan fingerprint density at radius 3 is 2.82 bits per heavy atom. The standard InChI is InChI=1S/C14H14N4O2S2/c1-21-9-12-16-17-14(20-12)22-10-13(19)18(8-7-15)11-5-3-2-4-6-11/h2-6H,8-10H2,1H3. The van der Waals surface area contributed by atoms with Crippen LogP contribution in [0.4, 0.5) is 5.69 Å². The van der Waals surface area contributed by atoms with Gasteiger partial charge in [0.05, 0.1) is 17.6 Å². The molecular weight excluding hydrogens is 320 g/mol. The third-order valence-corrected chi connectivity index (χ3v) is 3.97. The molecule has 0 unspecified atom stereocenters. The fourth-order valence-corrected chi connectivity index (χ4v) is 2.70. The summed E-state index contributed by atoms with van der Waals surface area (Å²) in [6, 6.07) is 11.1. The van der Waals surface area contributed by atoms with Crippen LogP contribution in [0.25, 0.3) is 0 Å². The van der Waals surface area contributed by atoms with Crippen LogP contribution in [-0.2, 0) is 10.5 Å². The maximum atomic E-state index is 12.3. The van der Waals surface area contributed by atoms with Crippen molar-refractivity contribution in [1.82, 2.24) is 10.2 Å². The highest BCUT2D eigenvalue weighted by atomic mass is 32.2. The molecule has 0 saturated heterocycles. The second-order valence-corrected chi connectivity index (χ2v) is 5.95. The summed E-state index contributed by atoms with van der Waals surface area (Å²) in [5.74, 6) is 1.14. The Bertz CT molecular complexity index is 654. The first-order valence-electron chi connectivity index (χ1n) is 6.41. The van der Waals surface area contributed by atoms with Gasteiger partial charge < -0.3 is 4.42 Å². The molecule has 114 valence electrons. The molecule has 0 bridgehead atoms. The topological polar surface area (TPSA) is 83.0 Å². The minimum absolute atomic E-state index is 0.00493. The van der Waals surface area contributed by atoms with E-state index in [1.54, 1.807) is 23.9 Å². The molecule has 0 N–H and O–H groups in total. The van der Waals surface area contributed by atoms with Gasteiger partial charge in [-0.05, 0) is 18.4 Å². The van der Waals surface area contributed by atoms with E-state index in [1.807, 2.05) is 30.5 Å². The number of nitriles is 1. The lowest BCUT2D eigenvalue weighted by molar-refractivity contribution is -0.116. The van der Waals surface area contributed by atoms with Crippen LogP contribution in [0.15, 0.2) is 40.0 Å². The highest BCUT2D eigenvalue weighted by molar-refractivity contribution is 7.99. The van der Waals surface area contributed by atoms with Gasteiger partial charge in [0, 0.05) is 5.69 Å². The van der Waals surface area contributed by atoms with E-state index in [0.717, 1.165) is 0 Å². The number of anilines is 1. The highest BCUT2D eigenvalue weighted by Crippen LogP contribution is 2.20. The van der Waals surface area contributed by atoms with Crippen molar-refractivity contribution < 1.29 is 9.21 Å². The minimum atomic E-state index is -0.178. The van der Waals surface area contributed by atoms with Crippen LogP contribution in [0, 0.1) is 11.3 Å². The van der Waals surface area contributed by atoms with Gasteiger partial charge >= 0.3 is 0 Å². The summed E-state index contributed by atoms with van der Waals surface area (Å²) in [7, 11) is 0. The van der Waals surface area contributed by atoms with Crippen LogP contribution >= 0.6 is 23.5 Å². The Hall–Kier alpha value is -1.98. The number of rotatable bonds is 7. The smallest absolute Gasteiger partial charge is 0.277 e. The maximum absolute atomic E-state index is 12.3. The summed E-state index contributed by atoms with van der Waals surface area (Å²) in [6.45, 7) is 0.00493. The molecule has 2 rings (SSSR count). The van der Waals surface area contributed by atoms with Crippen molar-refractivity contribution in [3.63, 3.8) is 0 Å². The van der Waals surface area contributed by atoms with Gasteiger partial charge in [-0.15, -0.1) is 10.2 Å². The molecule has 0 saturated carbocycles. The van der Waals surface area contributed by atoms with E-state index in [1.165, 1.54) is 16.7 Å². The van der Waals surface area contributed by atoms with Crippen LogP contribution in [0.2, 0.25) is 0 Å². The Kier molecular flexibility index (Phi) is 6.30. The SMILES string of the molecule is CSCc1nnc(SCC(=O)N(CC#N)c2ccccc2)o1. The van der Waals surface area contributed by atoms with E-state index in [-0.39, 0.29) is 18.2 Å². The van der Waals surface area contributed by atoms with Gasteiger partial charge in [0.1, 0.15) is 6.54 Å². The Balaban J connectivity index is 1.98. The van der Waals surface area contributed by atoms with Crippen LogP contribution in [0.5, 0.6) is 0 Å². The highest BCUT2D eigenvalue weighted by Gasteiger charge is 2.17. The van der Waals surface area contributed by atoms with Crippen molar-refractivity contribution in [2.45, 2.75) is 11.0 Å². The number of para-hydroxylation sites is 1. The molecule has 1 aromatic carbocycles. The third-order valence-electron chi connectivity index (χ3n) is 2.63. The maximum Gasteiger partial charge on any atom is 0.277 e. The van der Waals surface area contributed by atoms with Crippen molar-refractivity contribution in [2.75, 3.05) is 23.5 Å². The van der Waals surface area contributed by atoms with Gasteiger partial charge in [-0.3, -0.25) is 9.69 Å². The average molecular weight is 334 g/mol. The molecule has 0 radical (unpaired) electrons. The number of hydrogen-bond acceptors (Lipinski definition) is 7. The second-order valence-electron chi connectivity index (χ2n) is 4.16. The lowest BCUT2D eigenvalue weighted by atomic mass is 10.3. The number of carbonyl (C=O) groups excluding carboxylic acids is 1. The predicted octanol–water partition coefficient (Wildman–Crippen LogP) is 2.58. The first kappa shape index (κ1) is 16.4. The largest absolute Gasteiger partial charge is 0.415 e. The molecule has 0 fully saturated rings. The molecule has 6 nitrogen and oxygen atoms in total. The van der Waals surface area contributed by atoms with Crippen LogP contribution in [0.3, 0.4) is 0 Å². The fourth-order valence-electron chi connectivity index (χ4n) is 1.68. The zero-order valence-corrected chi connectivity index (χ0v) is 13.6. The van der Waals surface area contributed by atoms with E-state index in [2.05, 4.69) is 10.2 Å². The summed E-state index contributed by atoms with van der Waals surface area (Å²) >= 11 is 2.76. The van der Waals surface area contributed by atoms with Gasteiger partial charge in [-0.1, -0.05) is 30.0 Å². The zero-order chi connectivity index (χ0) is 15.8. The summed E-state index contributed by atoms with van der Waals surface area (Å²) in [6.07, 6.45) is 1.94. The molecule has 0 aliphatic rings. The van der Waals surface area contributed by atoms with Crippen molar-refractivity contribution in [1.29, 1.82) is 5.26 Å². The third kappa shape index (κ3) is 4.51.